The summed E-state index contributed by atoms with van der Waals surface area (Å²) in [6, 6.07) is 1.97. The Morgan fingerprint density at radius 2 is 1.70 bits per heavy atom. The lowest BCUT2D eigenvalue weighted by atomic mass is 9.35. The van der Waals surface area contributed by atoms with Crippen LogP contribution in [0.3, 0.4) is 0 Å². The summed E-state index contributed by atoms with van der Waals surface area (Å²) < 4.78 is 28.3. The molecule has 0 aromatic carbocycles. The van der Waals surface area contributed by atoms with E-state index in [9.17, 15) is 33.5 Å². The predicted molar refractivity (Wildman–Crippen MR) is 145 cm³/mol. The Kier molecular flexibility index (Phi) is 6.06. The Labute approximate surface area is 235 Å². The van der Waals surface area contributed by atoms with Crippen molar-refractivity contribution in [1.82, 2.24) is 5.32 Å². The number of alkyl halides is 2. The van der Waals surface area contributed by atoms with Crippen molar-refractivity contribution in [3.63, 3.8) is 0 Å². The molecule has 5 rings (SSSR count). The number of amides is 1. The molecule has 218 valence electrons. The van der Waals surface area contributed by atoms with Crippen LogP contribution in [0.25, 0.3) is 0 Å². The fourth-order valence-electron chi connectivity index (χ4n) is 9.87. The molecule has 0 aromatic heterocycles. The molecule has 6 nitrogen and oxygen atoms in total. The number of nitrogens with one attached hydrogen (secondary N) is 1. The van der Waals surface area contributed by atoms with Crippen molar-refractivity contribution in [3.05, 3.63) is 23.3 Å². The predicted octanol–water partition coefficient (Wildman–Crippen LogP) is 5.45. The molecular formula is C32H42F2N2O4. The Morgan fingerprint density at radius 3 is 2.30 bits per heavy atom. The summed E-state index contributed by atoms with van der Waals surface area (Å²) in [5.74, 6) is -6.76. The Balaban J connectivity index is 1.67. The van der Waals surface area contributed by atoms with Crippen LogP contribution in [0, 0.1) is 50.7 Å². The number of nitrogens with zero attached hydrogens (tertiary/aromatic N) is 1. The number of aliphatic hydroxyl groups is 1. The van der Waals surface area contributed by atoms with Gasteiger partial charge >= 0.3 is 5.92 Å². The first-order valence-electron chi connectivity index (χ1n) is 14.6. The van der Waals surface area contributed by atoms with Gasteiger partial charge in [0.15, 0.2) is 5.78 Å². The molecule has 0 radical (unpaired) electrons. The molecule has 0 unspecified atom stereocenters. The van der Waals surface area contributed by atoms with Crippen LogP contribution in [-0.2, 0) is 14.4 Å². The van der Waals surface area contributed by atoms with E-state index in [1.165, 1.54) is 6.92 Å². The molecule has 8 heteroatoms. The van der Waals surface area contributed by atoms with Gasteiger partial charge in [0, 0.05) is 29.7 Å². The van der Waals surface area contributed by atoms with Crippen LogP contribution in [-0.4, -0.2) is 39.6 Å². The molecule has 0 aliphatic heterocycles. The molecule has 5 aliphatic carbocycles. The van der Waals surface area contributed by atoms with Gasteiger partial charge in [-0.2, -0.15) is 14.0 Å². The van der Waals surface area contributed by atoms with E-state index in [-0.39, 0.29) is 22.7 Å². The Bertz CT molecular complexity index is 1300. The number of hydrogen-bond donors (Lipinski definition) is 2. The summed E-state index contributed by atoms with van der Waals surface area (Å²) in [6.45, 7) is 12.6. The molecule has 0 saturated heterocycles. The monoisotopic (exact) mass is 556 g/mol. The van der Waals surface area contributed by atoms with Gasteiger partial charge in [-0.1, -0.05) is 46.3 Å². The van der Waals surface area contributed by atoms with Gasteiger partial charge in [-0.25, -0.2) is 0 Å². The Hall–Kier alpha value is -2.40. The maximum Gasteiger partial charge on any atom is 0.321 e. The zero-order valence-electron chi connectivity index (χ0n) is 24.7. The van der Waals surface area contributed by atoms with E-state index in [1.807, 2.05) is 13.0 Å². The molecule has 2 N–H and O–H groups in total. The van der Waals surface area contributed by atoms with Gasteiger partial charge in [-0.05, 0) is 80.1 Å². The highest BCUT2D eigenvalue weighted by Crippen LogP contribution is 2.72. The molecule has 3 fully saturated rings. The number of rotatable bonds is 2. The number of ketones is 2. The smallest absolute Gasteiger partial charge is 0.321 e. The summed E-state index contributed by atoms with van der Waals surface area (Å²) in [4.78, 5) is 40.0. The highest BCUT2D eigenvalue weighted by atomic mass is 19.3. The highest BCUT2D eigenvalue weighted by molar-refractivity contribution is 6.06. The van der Waals surface area contributed by atoms with Crippen LogP contribution >= 0.6 is 0 Å². The van der Waals surface area contributed by atoms with Crippen LogP contribution in [0.1, 0.15) is 93.4 Å². The second kappa shape index (κ2) is 8.33. The number of carbonyl (C=O) groups excluding carboxylic acids is 3. The molecule has 8 atom stereocenters. The molecule has 3 saturated carbocycles. The number of fused-ring (bicyclic) bond motifs is 7. The number of nitriles is 1. The van der Waals surface area contributed by atoms with Gasteiger partial charge in [-0.15, -0.1) is 0 Å². The molecule has 0 heterocycles. The van der Waals surface area contributed by atoms with Gasteiger partial charge in [0.05, 0.1) is 5.57 Å². The average Bonchev–Trinajstić information content (AvgIpc) is 2.83. The van der Waals surface area contributed by atoms with Crippen molar-refractivity contribution in [2.24, 2.45) is 39.4 Å². The van der Waals surface area contributed by atoms with Gasteiger partial charge in [-0.3, -0.25) is 14.4 Å². The van der Waals surface area contributed by atoms with Crippen molar-refractivity contribution >= 4 is 17.5 Å². The first kappa shape index (κ1) is 29.1. The number of hydrogen-bond acceptors (Lipinski definition) is 5. The lowest BCUT2D eigenvalue weighted by molar-refractivity contribution is -0.172. The zero-order valence-corrected chi connectivity index (χ0v) is 24.7. The van der Waals surface area contributed by atoms with Crippen LogP contribution < -0.4 is 5.32 Å². The van der Waals surface area contributed by atoms with E-state index in [0.29, 0.717) is 45.4 Å². The van der Waals surface area contributed by atoms with Crippen LogP contribution in [0.2, 0.25) is 0 Å². The fraction of sp³-hybridized carbons (Fsp3) is 0.750. The van der Waals surface area contributed by atoms with E-state index in [4.69, 9.17) is 0 Å². The minimum absolute atomic E-state index is 0.0893. The third kappa shape index (κ3) is 3.68. The van der Waals surface area contributed by atoms with Gasteiger partial charge < -0.3 is 10.4 Å². The van der Waals surface area contributed by atoms with Crippen molar-refractivity contribution in [1.29, 1.82) is 5.26 Å². The minimum atomic E-state index is -3.52. The maximum absolute atomic E-state index is 14.4. The largest absolute Gasteiger partial charge is 0.382 e. The zero-order chi connectivity index (χ0) is 29.9. The topological polar surface area (TPSA) is 107 Å². The van der Waals surface area contributed by atoms with Crippen molar-refractivity contribution < 1.29 is 28.3 Å². The fourth-order valence-corrected chi connectivity index (χ4v) is 9.87. The highest BCUT2D eigenvalue weighted by Gasteiger charge is 2.70. The standard InChI is InChI=1S/C32H42F2N2O4/c1-26(2)10-12-32(36-25(39)31(7,33)34)13-11-29(5)23(19(32)16-26)20(37)14-22-27(3)15-18(17-35)24(38)30(6,40)21(27)8-9-28(22,29)4/h14-15,19,21,23,40H,8-13,16H2,1-7H3,(H,36,39)/t19-,21+,23-,27-,28+,29+,30-,32-/m0/s1. The molecule has 0 spiro atoms. The third-order valence-electron chi connectivity index (χ3n) is 12.3. The third-order valence-corrected chi connectivity index (χ3v) is 12.3. The second-order valence-electron chi connectivity index (χ2n) is 15.2. The molecule has 1 amide bonds. The van der Waals surface area contributed by atoms with Crippen LogP contribution in [0.15, 0.2) is 23.3 Å². The number of allylic oxidation sites excluding steroid dienone is 3. The summed E-state index contributed by atoms with van der Waals surface area (Å²) in [5.41, 5.74) is -3.91. The van der Waals surface area contributed by atoms with Crippen molar-refractivity contribution in [2.45, 2.75) is 110 Å². The summed E-state index contributed by atoms with van der Waals surface area (Å²) in [7, 11) is 0. The van der Waals surface area contributed by atoms with E-state index in [2.05, 4.69) is 33.0 Å². The van der Waals surface area contributed by atoms with E-state index < -0.39 is 56.8 Å². The summed E-state index contributed by atoms with van der Waals surface area (Å²) in [5, 5.41) is 23.9. The second-order valence-corrected chi connectivity index (χ2v) is 15.2. The van der Waals surface area contributed by atoms with Gasteiger partial charge in [0.2, 0.25) is 5.78 Å². The SMILES string of the molecule is CC1(C)CC[C@]2(NC(=O)C(C)(F)F)CC[C@]3(C)[C@H](C(=O)C=C4[C@@]5(C)C=C(C#N)C(=O)[C@@](C)(O)[C@@H]5CC[C@]43C)[C@@H]2C1. The first-order chi connectivity index (χ1) is 18.2. The minimum Gasteiger partial charge on any atom is -0.382 e. The average molecular weight is 557 g/mol. The molecule has 0 bridgehead atoms. The van der Waals surface area contributed by atoms with Crippen LogP contribution in [0.4, 0.5) is 8.78 Å². The van der Waals surface area contributed by atoms with E-state index >= 15 is 0 Å². The maximum atomic E-state index is 14.4. The van der Waals surface area contributed by atoms with Crippen molar-refractivity contribution in [3.8, 4) is 6.07 Å². The molecule has 40 heavy (non-hydrogen) atoms. The summed E-state index contributed by atoms with van der Waals surface area (Å²) in [6.07, 6.45) is 7.52. The van der Waals surface area contributed by atoms with Gasteiger partial charge in [0.25, 0.3) is 5.91 Å². The Morgan fingerprint density at radius 1 is 1.07 bits per heavy atom. The number of Topliss-reactive ketones (excluding diaryl/α,β-unsaturated/α-hetero) is 1. The lowest BCUT2D eigenvalue weighted by Crippen LogP contribution is -2.70. The van der Waals surface area contributed by atoms with Crippen LogP contribution in [0.5, 0.6) is 0 Å². The quantitative estimate of drug-likeness (QED) is 0.470. The van der Waals surface area contributed by atoms with E-state index in [1.54, 1.807) is 12.2 Å². The van der Waals surface area contributed by atoms with Crippen molar-refractivity contribution in [2.75, 3.05) is 0 Å². The van der Waals surface area contributed by atoms with Gasteiger partial charge in [0.1, 0.15) is 11.7 Å². The molecule has 5 aliphatic rings. The van der Waals surface area contributed by atoms with E-state index in [0.717, 1.165) is 12.0 Å². The summed E-state index contributed by atoms with van der Waals surface area (Å²) >= 11 is 0. The molecular weight excluding hydrogens is 514 g/mol. The normalized spacial score (nSPS) is 46.0. The lowest BCUT2D eigenvalue weighted by Gasteiger charge is -2.69. The molecule has 0 aromatic rings. The number of halogens is 2. The first-order valence-corrected chi connectivity index (χ1v) is 14.6. The number of carbonyl (C=O) groups is 3.